The number of nitrogens with zero attached hydrogens (tertiary/aromatic N) is 2. The Labute approximate surface area is 84.0 Å². The van der Waals surface area contributed by atoms with Gasteiger partial charge in [-0.1, -0.05) is 13.8 Å². The van der Waals surface area contributed by atoms with Crippen LogP contribution in [-0.4, -0.2) is 35.9 Å². The fourth-order valence-electron chi connectivity index (χ4n) is 0.817. The van der Waals surface area contributed by atoms with E-state index in [0.717, 1.165) is 18.2 Å². The highest BCUT2D eigenvalue weighted by Gasteiger charge is 2.14. The van der Waals surface area contributed by atoms with E-state index in [0.29, 0.717) is 6.61 Å². The second-order valence-corrected chi connectivity index (χ2v) is 2.44. The van der Waals surface area contributed by atoms with Crippen LogP contribution in [0.25, 0.3) is 0 Å². The van der Waals surface area contributed by atoms with Gasteiger partial charge < -0.3 is 4.74 Å². The first kappa shape index (κ1) is 13.1. The molecule has 0 saturated heterocycles. The van der Waals surface area contributed by atoms with Gasteiger partial charge in [0.05, 0.1) is 6.61 Å². The van der Waals surface area contributed by atoms with Crippen molar-refractivity contribution in [2.75, 3.05) is 19.7 Å². The van der Waals surface area contributed by atoms with E-state index in [1.54, 1.807) is 11.9 Å². The van der Waals surface area contributed by atoms with Gasteiger partial charge in [-0.2, -0.15) is 5.53 Å². The Hall–Kier alpha value is -0.890. The summed E-state index contributed by atoms with van der Waals surface area (Å²) in [6.45, 7) is 7.43. The van der Waals surface area contributed by atoms with E-state index in [4.69, 9.17) is 10.6 Å². The molecule has 0 aliphatic rings. The third kappa shape index (κ3) is 4.38. The van der Waals surface area contributed by atoms with Gasteiger partial charge in [-0.3, -0.25) is 5.84 Å². The number of carbonyl (C=O) groups is 1. The van der Waals surface area contributed by atoms with Gasteiger partial charge in [-0.25, -0.2) is 9.80 Å². The van der Waals surface area contributed by atoms with Crippen molar-refractivity contribution in [1.29, 1.82) is 0 Å². The van der Waals surface area contributed by atoms with Crippen LogP contribution in [0.4, 0.5) is 4.79 Å². The minimum absolute atomic E-state index is 0.303. The van der Waals surface area contributed by atoms with Crippen LogP contribution in [0.2, 0.25) is 0 Å². The fourth-order valence-corrected chi connectivity index (χ4v) is 0.817. The highest BCUT2D eigenvalue weighted by molar-refractivity contribution is 5.66. The molecule has 0 fully saturated rings. The Morgan fingerprint density at radius 1 is 1.36 bits per heavy atom. The van der Waals surface area contributed by atoms with Crippen LogP contribution < -0.4 is 16.9 Å². The van der Waals surface area contributed by atoms with Crippen LogP contribution in [0.3, 0.4) is 0 Å². The predicted molar refractivity (Wildman–Crippen MR) is 52.2 cm³/mol. The number of ether oxygens (including phenoxy) is 1. The molecule has 1 amide bonds. The number of hydrogen-bond acceptors (Lipinski definition) is 6. The number of hydrogen-bond donors (Lipinski definition) is 3. The summed E-state index contributed by atoms with van der Waals surface area (Å²) in [7, 11) is 0. The molecule has 0 atom stereocenters. The molecule has 0 heterocycles. The Balaban J connectivity index is 4.05. The number of amides is 1. The normalized spacial score (nSPS) is 10.4. The topological polar surface area (TPSA) is 82.9 Å². The van der Waals surface area contributed by atoms with E-state index < -0.39 is 6.09 Å². The van der Waals surface area contributed by atoms with Gasteiger partial charge >= 0.3 is 6.09 Å². The third-order valence-electron chi connectivity index (χ3n) is 1.58. The number of hydrazine groups is 4. The van der Waals surface area contributed by atoms with E-state index in [1.807, 2.05) is 13.8 Å². The molecular formula is C7H19N5O2. The molecule has 0 aromatic carbocycles. The van der Waals surface area contributed by atoms with Crippen molar-refractivity contribution in [3.05, 3.63) is 0 Å². The molecule has 0 bridgehead atoms. The van der Waals surface area contributed by atoms with E-state index in [1.165, 1.54) is 0 Å². The molecule has 84 valence electrons. The number of carbonyl (C=O) groups excluding carboxylic acids is 1. The number of nitrogens with two attached hydrogens (primary N) is 1. The summed E-state index contributed by atoms with van der Waals surface area (Å²) >= 11 is 0. The lowest BCUT2D eigenvalue weighted by molar-refractivity contribution is -0.0104. The first-order valence-electron chi connectivity index (χ1n) is 4.63. The zero-order chi connectivity index (χ0) is 11.0. The van der Waals surface area contributed by atoms with Gasteiger partial charge in [0.1, 0.15) is 0 Å². The molecule has 0 aromatic rings. The molecule has 0 aromatic heterocycles. The SMILES string of the molecule is CCOC(=O)N(NN)NN(CC)CC. The number of rotatable bonds is 6. The summed E-state index contributed by atoms with van der Waals surface area (Å²) in [6, 6.07) is 0. The van der Waals surface area contributed by atoms with Crippen molar-refractivity contribution in [2.24, 2.45) is 5.84 Å². The third-order valence-corrected chi connectivity index (χ3v) is 1.58. The maximum absolute atomic E-state index is 11.2. The van der Waals surface area contributed by atoms with Crippen molar-refractivity contribution in [3.63, 3.8) is 0 Å². The fraction of sp³-hybridized carbons (Fsp3) is 0.857. The highest BCUT2D eigenvalue weighted by Crippen LogP contribution is 1.87. The monoisotopic (exact) mass is 205 g/mol. The molecule has 0 unspecified atom stereocenters. The molecule has 0 rings (SSSR count). The second-order valence-electron chi connectivity index (χ2n) is 2.44. The molecular weight excluding hydrogens is 186 g/mol. The highest BCUT2D eigenvalue weighted by atomic mass is 16.6. The Kier molecular flexibility index (Phi) is 7.03. The molecule has 0 spiro atoms. The van der Waals surface area contributed by atoms with Crippen molar-refractivity contribution in [1.82, 2.24) is 21.2 Å². The van der Waals surface area contributed by atoms with Gasteiger partial charge in [-0.05, 0) is 6.92 Å². The van der Waals surface area contributed by atoms with Crippen LogP contribution in [-0.2, 0) is 4.74 Å². The van der Waals surface area contributed by atoms with Crippen LogP contribution in [0, 0.1) is 0 Å². The van der Waals surface area contributed by atoms with E-state index in [-0.39, 0.29) is 0 Å². The molecule has 14 heavy (non-hydrogen) atoms. The molecule has 0 aliphatic heterocycles. The predicted octanol–water partition coefficient (Wildman–Crippen LogP) is -0.415. The van der Waals surface area contributed by atoms with Crippen molar-refractivity contribution >= 4 is 6.09 Å². The first-order valence-corrected chi connectivity index (χ1v) is 4.63. The van der Waals surface area contributed by atoms with Crippen molar-refractivity contribution in [3.8, 4) is 0 Å². The van der Waals surface area contributed by atoms with Gasteiger partial charge in [0, 0.05) is 13.1 Å². The standard InChI is InChI=1S/C7H19N5O2/c1-4-11(5-2)10-12(9-8)7(13)14-6-3/h9-10H,4-6,8H2,1-3H3. The Bertz CT molecular complexity index is 162. The van der Waals surface area contributed by atoms with Gasteiger partial charge in [0.15, 0.2) is 0 Å². The van der Waals surface area contributed by atoms with Gasteiger partial charge in [0.2, 0.25) is 0 Å². The maximum atomic E-state index is 11.2. The summed E-state index contributed by atoms with van der Waals surface area (Å²) in [5.41, 5.74) is 4.94. The lowest BCUT2D eigenvalue weighted by Crippen LogP contribution is -2.60. The van der Waals surface area contributed by atoms with Crippen LogP contribution >= 0.6 is 0 Å². The molecule has 7 heteroatoms. The largest absolute Gasteiger partial charge is 0.448 e. The summed E-state index contributed by atoms with van der Waals surface area (Å²) in [4.78, 5) is 11.2. The first-order chi connectivity index (χ1) is 6.69. The minimum Gasteiger partial charge on any atom is -0.448 e. The van der Waals surface area contributed by atoms with Gasteiger partial charge in [-0.15, -0.1) is 10.7 Å². The Morgan fingerprint density at radius 2 is 1.93 bits per heavy atom. The van der Waals surface area contributed by atoms with E-state index in [2.05, 4.69) is 11.1 Å². The minimum atomic E-state index is -0.568. The molecule has 0 aliphatic carbocycles. The lowest BCUT2D eigenvalue weighted by atomic mass is 10.6. The maximum Gasteiger partial charge on any atom is 0.441 e. The molecule has 0 saturated carbocycles. The van der Waals surface area contributed by atoms with E-state index >= 15 is 0 Å². The van der Waals surface area contributed by atoms with E-state index in [9.17, 15) is 4.79 Å². The average molecular weight is 205 g/mol. The molecule has 4 N–H and O–H groups in total. The average Bonchev–Trinajstić information content (AvgIpc) is 2.20. The summed E-state index contributed by atoms with van der Waals surface area (Å²) < 4.78 is 4.74. The van der Waals surface area contributed by atoms with Crippen molar-refractivity contribution < 1.29 is 9.53 Å². The van der Waals surface area contributed by atoms with Crippen LogP contribution in [0.15, 0.2) is 0 Å². The van der Waals surface area contributed by atoms with Crippen LogP contribution in [0.1, 0.15) is 20.8 Å². The Morgan fingerprint density at radius 3 is 2.29 bits per heavy atom. The zero-order valence-electron chi connectivity index (χ0n) is 8.91. The zero-order valence-corrected chi connectivity index (χ0v) is 8.91. The number of nitrogens with one attached hydrogen (secondary N) is 2. The summed E-state index contributed by atoms with van der Waals surface area (Å²) in [5, 5.41) is 2.77. The lowest BCUT2D eigenvalue weighted by Gasteiger charge is -2.27. The quantitative estimate of drug-likeness (QED) is 0.404. The summed E-state index contributed by atoms with van der Waals surface area (Å²) in [5.74, 6) is 5.15. The molecule has 7 nitrogen and oxygen atoms in total. The molecule has 0 radical (unpaired) electrons. The van der Waals surface area contributed by atoms with Crippen LogP contribution in [0.5, 0.6) is 0 Å². The smallest absolute Gasteiger partial charge is 0.441 e. The van der Waals surface area contributed by atoms with Gasteiger partial charge in [0.25, 0.3) is 0 Å². The summed E-state index contributed by atoms with van der Waals surface area (Å²) in [6.07, 6.45) is -0.568. The van der Waals surface area contributed by atoms with Crippen molar-refractivity contribution in [2.45, 2.75) is 20.8 Å². The second kappa shape index (κ2) is 7.51.